The van der Waals surface area contributed by atoms with Crippen LogP contribution in [0.5, 0.6) is 0 Å². The lowest BCUT2D eigenvalue weighted by atomic mass is 10.3. The second-order valence-corrected chi connectivity index (χ2v) is 4.74. The van der Waals surface area contributed by atoms with E-state index in [0.29, 0.717) is 6.54 Å². The van der Waals surface area contributed by atoms with Crippen LogP contribution in [0, 0.1) is 0 Å². The lowest BCUT2D eigenvalue weighted by Crippen LogP contribution is -2.36. The summed E-state index contributed by atoms with van der Waals surface area (Å²) >= 11 is 0. The van der Waals surface area contributed by atoms with Crippen LogP contribution in [0.2, 0.25) is 0 Å². The van der Waals surface area contributed by atoms with E-state index in [1.165, 1.54) is 0 Å². The van der Waals surface area contributed by atoms with Crippen LogP contribution < -0.4 is 10.2 Å². The molecule has 0 bridgehead atoms. The van der Waals surface area contributed by atoms with Gasteiger partial charge in [0.15, 0.2) is 0 Å². The van der Waals surface area contributed by atoms with E-state index in [1.807, 2.05) is 31.6 Å². The summed E-state index contributed by atoms with van der Waals surface area (Å²) in [7, 11) is 1.86. The molecule has 1 aliphatic rings. The molecular weight excluding hydrogens is 256 g/mol. The molecule has 1 aliphatic heterocycles. The maximum absolute atomic E-state index is 5.34. The smallest absolute Gasteiger partial charge is 0.128 e. The molecule has 1 N–H and O–H groups in total. The fourth-order valence-electron chi connectivity index (χ4n) is 2.14. The van der Waals surface area contributed by atoms with Gasteiger partial charge in [-0.3, -0.25) is 4.68 Å². The number of pyridine rings is 1. The number of aromatic nitrogens is 4. The van der Waals surface area contributed by atoms with Crippen molar-refractivity contribution in [1.82, 2.24) is 20.0 Å². The largest absolute Gasteiger partial charge is 0.378 e. The third kappa shape index (κ3) is 3.05. The van der Waals surface area contributed by atoms with Gasteiger partial charge < -0.3 is 15.0 Å². The zero-order valence-corrected chi connectivity index (χ0v) is 11.5. The fraction of sp³-hybridized carbons (Fsp3) is 0.462. The number of ether oxygens (including phenoxy) is 1. The van der Waals surface area contributed by atoms with E-state index in [1.54, 1.807) is 4.68 Å². The molecule has 1 saturated heterocycles. The average Bonchev–Trinajstić information content (AvgIpc) is 2.92. The van der Waals surface area contributed by atoms with Crippen molar-refractivity contribution >= 4 is 11.5 Å². The van der Waals surface area contributed by atoms with Gasteiger partial charge in [-0.25, -0.2) is 4.98 Å². The van der Waals surface area contributed by atoms with Crippen molar-refractivity contribution in [2.45, 2.75) is 6.54 Å². The van der Waals surface area contributed by atoms with Gasteiger partial charge in [-0.05, 0) is 12.1 Å². The Morgan fingerprint density at radius 2 is 2.15 bits per heavy atom. The Kier molecular flexibility index (Phi) is 3.78. The summed E-state index contributed by atoms with van der Waals surface area (Å²) in [5, 5.41) is 11.2. The van der Waals surface area contributed by atoms with Crippen molar-refractivity contribution in [3.05, 3.63) is 30.2 Å². The van der Waals surface area contributed by atoms with Gasteiger partial charge in [0.1, 0.15) is 11.5 Å². The summed E-state index contributed by atoms with van der Waals surface area (Å²) < 4.78 is 7.03. The minimum atomic E-state index is 0.645. The summed E-state index contributed by atoms with van der Waals surface area (Å²) in [5.41, 5.74) is 1.89. The molecule has 20 heavy (non-hydrogen) atoms. The van der Waals surface area contributed by atoms with E-state index in [9.17, 15) is 0 Å². The van der Waals surface area contributed by atoms with Gasteiger partial charge in [0.05, 0.1) is 31.6 Å². The molecule has 1 fully saturated rings. The molecular formula is C13H18N6O. The Morgan fingerprint density at radius 3 is 2.80 bits per heavy atom. The molecule has 0 radical (unpaired) electrons. The van der Waals surface area contributed by atoms with Gasteiger partial charge in [-0.2, -0.15) is 0 Å². The number of hydrogen-bond donors (Lipinski definition) is 1. The molecule has 0 amide bonds. The van der Waals surface area contributed by atoms with Crippen LogP contribution in [-0.4, -0.2) is 46.3 Å². The van der Waals surface area contributed by atoms with Crippen LogP contribution in [-0.2, 0) is 18.3 Å². The molecule has 2 aromatic heterocycles. The second-order valence-electron chi connectivity index (χ2n) is 4.74. The third-order valence-corrected chi connectivity index (χ3v) is 3.21. The number of anilines is 2. The highest BCUT2D eigenvalue weighted by Gasteiger charge is 2.11. The Balaban J connectivity index is 1.58. The first-order chi connectivity index (χ1) is 9.81. The van der Waals surface area contributed by atoms with Crippen LogP contribution in [0.1, 0.15) is 5.69 Å². The normalized spacial score (nSPS) is 15.3. The lowest BCUT2D eigenvalue weighted by molar-refractivity contribution is 0.122. The van der Waals surface area contributed by atoms with Crippen molar-refractivity contribution in [1.29, 1.82) is 0 Å². The molecule has 0 atom stereocenters. The summed E-state index contributed by atoms with van der Waals surface area (Å²) in [5.74, 6) is 0.998. The van der Waals surface area contributed by atoms with Crippen molar-refractivity contribution < 1.29 is 4.74 Å². The number of aryl methyl sites for hydroxylation is 1. The topological polar surface area (TPSA) is 68.1 Å². The predicted octanol–water partition coefficient (Wildman–Crippen LogP) is 0.659. The molecule has 0 aliphatic carbocycles. The summed E-state index contributed by atoms with van der Waals surface area (Å²) in [6.07, 6.45) is 3.74. The van der Waals surface area contributed by atoms with Gasteiger partial charge in [0, 0.05) is 26.3 Å². The maximum atomic E-state index is 5.34. The van der Waals surface area contributed by atoms with Crippen LogP contribution in [0.15, 0.2) is 24.5 Å². The molecule has 7 heteroatoms. The van der Waals surface area contributed by atoms with Crippen molar-refractivity contribution in [2.24, 2.45) is 7.05 Å². The van der Waals surface area contributed by atoms with Crippen molar-refractivity contribution in [3.63, 3.8) is 0 Å². The van der Waals surface area contributed by atoms with E-state index in [-0.39, 0.29) is 0 Å². The molecule has 7 nitrogen and oxygen atoms in total. The first-order valence-electron chi connectivity index (χ1n) is 6.69. The number of morpholine rings is 1. The quantitative estimate of drug-likeness (QED) is 0.883. The van der Waals surface area contributed by atoms with Gasteiger partial charge in [0.2, 0.25) is 0 Å². The summed E-state index contributed by atoms with van der Waals surface area (Å²) in [6, 6.07) is 4.07. The van der Waals surface area contributed by atoms with E-state index in [0.717, 1.165) is 43.5 Å². The highest BCUT2D eigenvalue weighted by Crippen LogP contribution is 2.15. The van der Waals surface area contributed by atoms with Gasteiger partial charge in [-0.15, -0.1) is 5.10 Å². The molecule has 0 aromatic carbocycles. The lowest BCUT2D eigenvalue weighted by Gasteiger charge is -2.27. The predicted molar refractivity (Wildman–Crippen MR) is 75.6 cm³/mol. The SMILES string of the molecule is Cn1cc(CNc2ccc(N3CCOCC3)nc2)nn1. The number of rotatable bonds is 4. The third-order valence-electron chi connectivity index (χ3n) is 3.21. The van der Waals surface area contributed by atoms with E-state index < -0.39 is 0 Å². The van der Waals surface area contributed by atoms with Gasteiger partial charge in [-0.1, -0.05) is 5.21 Å². The van der Waals surface area contributed by atoms with E-state index in [2.05, 4.69) is 25.5 Å². The van der Waals surface area contributed by atoms with Crippen LogP contribution in [0.3, 0.4) is 0 Å². The van der Waals surface area contributed by atoms with Crippen LogP contribution >= 0.6 is 0 Å². The van der Waals surface area contributed by atoms with E-state index in [4.69, 9.17) is 4.74 Å². The zero-order chi connectivity index (χ0) is 13.8. The fourth-order valence-corrected chi connectivity index (χ4v) is 2.14. The zero-order valence-electron chi connectivity index (χ0n) is 11.5. The highest BCUT2D eigenvalue weighted by molar-refractivity contribution is 5.48. The minimum absolute atomic E-state index is 0.645. The number of nitrogens with zero attached hydrogens (tertiary/aromatic N) is 5. The maximum Gasteiger partial charge on any atom is 0.128 e. The summed E-state index contributed by atoms with van der Waals surface area (Å²) in [6.45, 7) is 3.99. The molecule has 106 valence electrons. The molecule has 0 spiro atoms. The minimum Gasteiger partial charge on any atom is -0.378 e. The monoisotopic (exact) mass is 274 g/mol. The van der Waals surface area contributed by atoms with Gasteiger partial charge >= 0.3 is 0 Å². The first-order valence-corrected chi connectivity index (χ1v) is 6.69. The molecule has 3 rings (SSSR count). The van der Waals surface area contributed by atoms with Crippen molar-refractivity contribution in [2.75, 3.05) is 36.5 Å². The molecule has 3 heterocycles. The Bertz CT molecular complexity index is 546. The van der Waals surface area contributed by atoms with Gasteiger partial charge in [0.25, 0.3) is 0 Å². The first kappa shape index (κ1) is 12.9. The second kappa shape index (κ2) is 5.87. The molecule has 0 saturated carbocycles. The van der Waals surface area contributed by atoms with Crippen LogP contribution in [0.4, 0.5) is 11.5 Å². The Hall–Kier alpha value is -2.15. The highest BCUT2D eigenvalue weighted by atomic mass is 16.5. The number of nitrogens with one attached hydrogen (secondary N) is 1. The standard InChI is InChI=1S/C13H18N6O/c1-18-10-12(16-17-18)9-14-11-2-3-13(15-8-11)19-4-6-20-7-5-19/h2-3,8,10,14H,4-7,9H2,1H3. The Morgan fingerprint density at radius 1 is 1.30 bits per heavy atom. The molecule has 2 aromatic rings. The van der Waals surface area contributed by atoms with Crippen molar-refractivity contribution in [3.8, 4) is 0 Å². The average molecular weight is 274 g/mol. The number of hydrogen-bond acceptors (Lipinski definition) is 6. The molecule has 0 unspecified atom stereocenters. The summed E-state index contributed by atoms with van der Waals surface area (Å²) in [4.78, 5) is 6.72. The van der Waals surface area contributed by atoms with E-state index >= 15 is 0 Å². The Labute approximate surface area is 117 Å². The van der Waals surface area contributed by atoms with Crippen LogP contribution in [0.25, 0.3) is 0 Å².